The highest BCUT2D eigenvalue weighted by molar-refractivity contribution is 5.37. The molecule has 0 radical (unpaired) electrons. The Morgan fingerprint density at radius 1 is 1.50 bits per heavy atom. The van der Waals surface area contributed by atoms with E-state index in [2.05, 4.69) is 10.2 Å². The lowest BCUT2D eigenvalue weighted by Crippen LogP contribution is -2.26. The lowest BCUT2D eigenvalue weighted by molar-refractivity contribution is -0.141. The second-order valence-electron chi connectivity index (χ2n) is 4.71. The molecule has 1 aliphatic rings. The third-order valence-electron chi connectivity index (χ3n) is 3.32. The Kier molecular flexibility index (Phi) is 3.94. The van der Waals surface area contributed by atoms with Crippen LogP contribution in [0, 0.1) is 10.8 Å². The second-order valence-corrected chi connectivity index (χ2v) is 4.71. The van der Waals surface area contributed by atoms with Gasteiger partial charge in [-0.25, -0.2) is 4.98 Å². The van der Waals surface area contributed by atoms with E-state index in [4.69, 9.17) is 9.84 Å². The number of hydrogen-bond donors (Lipinski definition) is 1. The number of aromatic nitrogens is 1. The van der Waals surface area contributed by atoms with Gasteiger partial charge in [-0.2, -0.15) is 18.1 Å². The Bertz CT molecular complexity index is 507. The van der Waals surface area contributed by atoms with E-state index >= 15 is 0 Å². The van der Waals surface area contributed by atoms with Crippen molar-refractivity contribution in [1.29, 1.82) is 0 Å². The highest BCUT2D eigenvalue weighted by Crippen LogP contribution is 2.42. The molecule has 8 heteroatoms. The number of pyridine rings is 1. The molecule has 20 heavy (non-hydrogen) atoms. The number of rotatable bonds is 4. The van der Waals surface area contributed by atoms with E-state index in [9.17, 15) is 18.1 Å². The minimum Gasteiger partial charge on any atom is -0.471 e. The first-order chi connectivity index (χ1) is 9.38. The van der Waals surface area contributed by atoms with Crippen LogP contribution < -0.4 is 4.74 Å². The summed E-state index contributed by atoms with van der Waals surface area (Å²) in [6.45, 7) is 1.62. The van der Waals surface area contributed by atoms with Crippen LogP contribution in [0.3, 0.4) is 0 Å². The summed E-state index contributed by atoms with van der Waals surface area (Å²) in [5.74, 6) is -0.439. The van der Waals surface area contributed by atoms with E-state index < -0.39 is 24.0 Å². The van der Waals surface area contributed by atoms with E-state index in [0.29, 0.717) is 6.42 Å². The molecule has 0 saturated heterocycles. The summed E-state index contributed by atoms with van der Waals surface area (Å²) in [7, 11) is 0. The fourth-order valence-corrected chi connectivity index (χ4v) is 2.21. The van der Waals surface area contributed by atoms with Gasteiger partial charge in [0.2, 0.25) is 5.88 Å². The Morgan fingerprint density at radius 3 is 2.75 bits per heavy atom. The van der Waals surface area contributed by atoms with Gasteiger partial charge in [0, 0.05) is 12.2 Å². The highest BCUT2D eigenvalue weighted by atomic mass is 19.4. The topological polar surface area (TPSA) is 71.8 Å². The third-order valence-corrected chi connectivity index (χ3v) is 3.32. The van der Waals surface area contributed by atoms with E-state index in [1.807, 2.05) is 0 Å². The molecule has 0 bridgehead atoms. The van der Waals surface area contributed by atoms with Crippen molar-refractivity contribution >= 4 is 0 Å². The third kappa shape index (κ3) is 2.60. The van der Waals surface area contributed by atoms with Crippen LogP contribution in [0.1, 0.15) is 30.6 Å². The van der Waals surface area contributed by atoms with Crippen molar-refractivity contribution in [3.05, 3.63) is 28.3 Å². The van der Waals surface area contributed by atoms with Gasteiger partial charge in [0.1, 0.15) is 11.8 Å². The van der Waals surface area contributed by atoms with Gasteiger partial charge < -0.3 is 9.84 Å². The summed E-state index contributed by atoms with van der Waals surface area (Å²) in [4.78, 5) is 14.3. The minimum atomic E-state index is -4.57. The first-order valence-corrected chi connectivity index (χ1v) is 6.06. The number of nitrogens with zero attached hydrogens (tertiary/aromatic N) is 2. The fourth-order valence-electron chi connectivity index (χ4n) is 2.21. The zero-order valence-electron chi connectivity index (χ0n) is 10.6. The van der Waals surface area contributed by atoms with Gasteiger partial charge in [-0.3, -0.25) is 0 Å². The molecule has 5 nitrogen and oxygen atoms in total. The van der Waals surface area contributed by atoms with E-state index in [-0.39, 0.29) is 24.0 Å². The molecule has 0 amide bonds. The lowest BCUT2D eigenvalue weighted by atomic mass is 9.93. The summed E-state index contributed by atoms with van der Waals surface area (Å²) in [5, 5.41) is 11.8. The molecular formula is C12H13F3N2O3. The maximum Gasteiger partial charge on any atom is 0.433 e. The smallest absolute Gasteiger partial charge is 0.433 e. The lowest BCUT2D eigenvalue weighted by Gasteiger charge is -2.20. The zero-order chi connectivity index (χ0) is 14.9. The summed E-state index contributed by atoms with van der Waals surface area (Å²) in [6.07, 6.45) is -4.92. The standard InChI is InChI=1S/C12H13F3N2O3/c1-6(4-5-18)10-9(17-19)7-2-3-8(12(13,14)15)16-11(7)20-10/h2-3,6,9-10,18H,4-5H2,1H3/t6-,9-,10-/m0/s1. The molecular weight excluding hydrogens is 277 g/mol. The molecule has 2 rings (SSSR count). The van der Waals surface area contributed by atoms with Crippen LogP contribution in [-0.2, 0) is 6.18 Å². The number of aliphatic hydroxyl groups excluding tert-OH is 1. The summed E-state index contributed by atoms with van der Waals surface area (Å²) in [5.41, 5.74) is -0.820. The Labute approximate surface area is 112 Å². The molecule has 110 valence electrons. The van der Waals surface area contributed by atoms with Crippen molar-refractivity contribution in [2.24, 2.45) is 11.1 Å². The molecule has 0 aromatic carbocycles. The molecule has 1 N–H and O–H groups in total. The number of aliphatic hydroxyl groups is 1. The van der Waals surface area contributed by atoms with Crippen LogP contribution in [0.5, 0.6) is 5.88 Å². The molecule has 0 fully saturated rings. The van der Waals surface area contributed by atoms with Gasteiger partial charge in [-0.15, -0.1) is 0 Å². The number of halogens is 3. The predicted molar refractivity (Wildman–Crippen MR) is 63.1 cm³/mol. The number of ether oxygens (including phenoxy) is 1. The predicted octanol–water partition coefficient (Wildman–Crippen LogP) is 2.69. The highest BCUT2D eigenvalue weighted by Gasteiger charge is 2.42. The summed E-state index contributed by atoms with van der Waals surface area (Å²) in [6, 6.07) is 1.07. The van der Waals surface area contributed by atoms with Crippen molar-refractivity contribution in [3.63, 3.8) is 0 Å². The van der Waals surface area contributed by atoms with E-state index in [0.717, 1.165) is 6.07 Å². The van der Waals surface area contributed by atoms with Gasteiger partial charge in [0.05, 0.1) is 0 Å². The fraction of sp³-hybridized carbons (Fsp3) is 0.583. The number of hydrogen-bond acceptors (Lipinski definition) is 5. The second kappa shape index (κ2) is 5.35. The largest absolute Gasteiger partial charge is 0.471 e. The van der Waals surface area contributed by atoms with E-state index in [1.54, 1.807) is 6.92 Å². The van der Waals surface area contributed by atoms with Crippen LogP contribution in [0.15, 0.2) is 17.3 Å². The molecule has 1 aromatic heterocycles. The van der Waals surface area contributed by atoms with Gasteiger partial charge >= 0.3 is 6.18 Å². The number of nitroso groups, excluding NO2 is 1. The van der Waals surface area contributed by atoms with Crippen LogP contribution >= 0.6 is 0 Å². The summed E-state index contributed by atoms with van der Waals surface area (Å²) >= 11 is 0. The molecule has 0 unspecified atom stereocenters. The summed E-state index contributed by atoms with van der Waals surface area (Å²) < 4.78 is 43.1. The SMILES string of the molecule is C[C@@H](CCO)[C@@H]1Oc2nc(C(F)(F)F)ccc2[C@@H]1N=O. The monoisotopic (exact) mass is 290 g/mol. The first kappa shape index (κ1) is 14.7. The number of fused-ring (bicyclic) bond motifs is 1. The Hall–Kier alpha value is -1.70. The molecule has 1 aliphatic heterocycles. The van der Waals surface area contributed by atoms with Gasteiger partial charge in [-0.05, 0) is 24.5 Å². The number of alkyl halides is 3. The van der Waals surface area contributed by atoms with Crippen LogP contribution in [0.25, 0.3) is 0 Å². The quantitative estimate of drug-likeness (QED) is 0.865. The minimum absolute atomic E-state index is 0.107. The molecule has 2 heterocycles. The molecule has 0 aliphatic carbocycles. The van der Waals surface area contributed by atoms with Crippen LogP contribution in [0.2, 0.25) is 0 Å². The van der Waals surface area contributed by atoms with Gasteiger partial charge in [0.15, 0.2) is 6.04 Å². The van der Waals surface area contributed by atoms with Gasteiger partial charge in [-0.1, -0.05) is 12.1 Å². The van der Waals surface area contributed by atoms with Gasteiger partial charge in [0.25, 0.3) is 0 Å². The van der Waals surface area contributed by atoms with Crippen molar-refractivity contribution in [1.82, 2.24) is 4.98 Å². The Balaban J connectivity index is 2.32. The molecule has 0 saturated carbocycles. The van der Waals surface area contributed by atoms with Crippen molar-refractivity contribution in [3.8, 4) is 5.88 Å². The maximum atomic E-state index is 12.6. The van der Waals surface area contributed by atoms with Crippen molar-refractivity contribution in [2.45, 2.75) is 31.7 Å². The zero-order valence-corrected chi connectivity index (χ0v) is 10.6. The Morgan fingerprint density at radius 2 is 2.20 bits per heavy atom. The molecule has 3 atom stereocenters. The first-order valence-electron chi connectivity index (χ1n) is 6.06. The van der Waals surface area contributed by atoms with E-state index in [1.165, 1.54) is 6.07 Å². The molecule has 0 spiro atoms. The maximum absolute atomic E-state index is 12.6. The average molecular weight is 290 g/mol. The van der Waals surface area contributed by atoms with Crippen LogP contribution in [-0.4, -0.2) is 22.8 Å². The van der Waals surface area contributed by atoms with Crippen molar-refractivity contribution in [2.75, 3.05) is 6.61 Å². The average Bonchev–Trinajstić information content (AvgIpc) is 2.75. The normalized spacial score (nSPS) is 23.1. The molecule has 1 aromatic rings. The van der Waals surface area contributed by atoms with Crippen molar-refractivity contribution < 1.29 is 23.0 Å². The van der Waals surface area contributed by atoms with Crippen LogP contribution in [0.4, 0.5) is 13.2 Å².